The highest BCUT2D eigenvalue weighted by Crippen LogP contribution is 2.24. The Morgan fingerprint density at radius 1 is 1.12 bits per heavy atom. The zero-order valence-corrected chi connectivity index (χ0v) is 16.0. The number of hydrogen-bond donors (Lipinski definition) is 2. The molecule has 1 atom stereocenters. The van der Waals surface area contributed by atoms with Gasteiger partial charge in [-0.05, 0) is 60.7 Å². The zero-order valence-electron chi connectivity index (χ0n) is 15.2. The molecule has 0 heterocycles. The minimum atomic E-state index is -0.580. The molecule has 0 aliphatic carbocycles. The number of amides is 1. The Morgan fingerprint density at radius 2 is 1.76 bits per heavy atom. The van der Waals surface area contributed by atoms with E-state index in [-0.39, 0.29) is 18.3 Å². The molecule has 25 heavy (non-hydrogen) atoms. The molecule has 0 saturated carbocycles. The lowest BCUT2D eigenvalue weighted by atomic mass is 9.98. The molecule has 0 aliphatic heterocycles. The minimum Gasteiger partial charge on any atom is -0.481 e. The van der Waals surface area contributed by atoms with Crippen LogP contribution < -0.4 is 15.8 Å². The number of anilines is 1. The van der Waals surface area contributed by atoms with E-state index in [1.54, 1.807) is 6.92 Å². The van der Waals surface area contributed by atoms with Gasteiger partial charge in [0.05, 0.1) is 0 Å². The monoisotopic (exact) mass is 362 g/mol. The summed E-state index contributed by atoms with van der Waals surface area (Å²) >= 11 is 0. The van der Waals surface area contributed by atoms with Gasteiger partial charge in [0, 0.05) is 12.2 Å². The number of rotatable bonds is 6. The van der Waals surface area contributed by atoms with Crippen molar-refractivity contribution in [3.8, 4) is 5.75 Å². The van der Waals surface area contributed by atoms with Crippen LogP contribution in [0.2, 0.25) is 0 Å². The molecule has 2 aromatic rings. The van der Waals surface area contributed by atoms with Crippen LogP contribution in [0.1, 0.15) is 43.4 Å². The minimum absolute atomic E-state index is 0. The molecule has 5 heteroatoms. The van der Waals surface area contributed by atoms with Crippen LogP contribution in [0, 0.1) is 6.92 Å². The number of carbonyl (C=O) groups excluding carboxylic acids is 1. The highest BCUT2D eigenvalue weighted by Gasteiger charge is 2.15. The van der Waals surface area contributed by atoms with Crippen molar-refractivity contribution in [3.05, 3.63) is 59.2 Å². The maximum absolute atomic E-state index is 12.3. The lowest BCUT2D eigenvalue weighted by Gasteiger charge is -2.17. The van der Waals surface area contributed by atoms with Crippen LogP contribution in [0.15, 0.2) is 42.5 Å². The van der Waals surface area contributed by atoms with Gasteiger partial charge in [0.15, 0.2) is 6.10 Å². The molecule has 2 rings (SSSR count). The van der Waals surface area contributed by atoms with Gasteiger partial charge >= 0.3 is 0 Å². The van der Waals surface area contributed by atoms with Crippen molar-refractivity contribution in [1.82, 2.24) is 0 Å². The Hall–Kier alpha value is -2.04. The predicted octanol–water partition coefficient (Wildman–Crippen LogP) is 4.40. The van der Waals surface area contributed by atoms with Crippen molar-refractivity contribution in [1.29, 1.82) is 0 Å². The molecule has 3 N–H and O–H groups in total. The Bertz CT molecular complexity index is 699. The second-order valence-electron chi connectivity index (χ2n) is 6.32. The first-order chi connectivity index (χ1) is 11.4. The molecule has 136 valence electrons. The quantitative estimate of drug-likeness (QED) is 0.800. The Balaban J connectivity index is 0.00000312. The van der Waals surface area contributed by atoms with Crippen molar-refractivity contribution in [2.45, 2.75) is 46.3 Å². The molecule has 0 saturated heterocycles. The summed E-state index contributed by atoms with van der Waals surface area (Å²) in [6.07, 6.45) is -0.580. The van der Waals surface area contributed by atoms with E-state index in [0.29, 0.717) is 18.2 Å². The van der Waals surface area contributed by atoms with Gasteiger partial charge in [0.2, 0.25) is 0 Å². The van der Waals surface area contributed by atoms with Gasteiger partial charge in [-0.25, -0.2) is 0 Å². The lowest BCUT2D eigenvalue weighted by molar-refractivity contribution is -0.122. The number of aryl methyl sites for hydroxylation is 1. The second-order valence-corrected chi connectivity index (χ2v) is 6.32. The number of nitrogens with one attached hydrogen (secondary N) is 1. The summed E-state index contributed by atoms with van der Waals surface area (Å²) in [6.45, 7) is 8.62. The Morgan fingerprint density at radius 3 is 2.28 bits per heavy atom. The second kappa shape index (κ2) is 9.44. The highest BCUT2D eigenvalue weighted by atomic mass is 35.5. The third-order valence-corrected chi connectivity index (χ3v) is 4.00. The molecule has 1 amide bonds. The predicted molar refractivity (Wildman–Crippen MR) is 106 cm³/mol. The summed E-state index contributed by atoms with van der Waals surface area (Å²) in [6, 6.07) is 13.4. The van der Waals surface area contributed by atoms with Gasteiger partial charge < -0.3 is 15.8 Å². The normalized spacial score (nSPS) is 11.6. The smallest absolute Gasteiger partial charge is 0.265 e. The standard InChI is InChI=1S/C20H26N2O2.ClH/c1-13(2)19-10-9-18(11-14(19)3)24-15(4)20(23)22-17-7-5-16(12-21)6-8-17;/h5-11,13,15H,12,21H2,1-4H3,(H,22,23);1H. The van der Waals surface area contributed by atoms with Gasteiger partial charge in [-0.15, -0.1) is 12.4 Å². The van der Waals surface area contributed by atoms with Gasteiger partial charge in [-0.3, -0.25) is 4.79 Å². The van der Waals surface area contributed by atoms with Crippen LogP contribution >= 0.6 is 12.4 Å². The SMILES string of the molecule is Cc1cc(OC(C)C(=O)Nc2ccc(CN)cc2)ccc1C(C)C.Cl. The molecular weight excluding hydrogens is 336 g/mol. The summed E-state index contributed by atoms with van der Waals surface area (Å²) in [5, 5.41) is 2.85. The molecule has 0 aromatic heterocycles. The van der Waals surface area contributed by atoms with E-state index in [2.05, 4.69) is 32.2 Å². The number of benzene rings is 2. The van der Waals surface area contributed by atoms with Crippen molar-refractivity contribution in [2.24, 2.45) is 5.73 Å². The van der Waals surface area contributed by atoms with Crippen molar-refractivity contribution in [2.75, 3.05) is 5.32 Å². The summed E-state index contributed by atoms with van der Waals surface area (Å²) in [5.74, 6) is 0.996. The average Bonchev–Trinajstić information content (AvgIpc) is 2.55. The highest BCUT2D eigenvalue weighted by molar-refractivity contribution is 5.94. The Kier molecular flexibility index (Phi) is 7.94. The van der Waals surface area contributed by atoms with Crippen LogP contribution in [0.5, 0.6) is 5.75 Å². The van der Waals surface area contributed by atoms with Crippen molar-refractivity contribution < 1.29 is 9.53 Å². The largest absolute Gasteiger partial charge is 0.481 e. The topological polar surface area (TPSA) is 64.3 Å². The first-order valence-electron chi connectivity index (χ1n) is 8.27. The van der Waals surface area contributed by atoms with E-state index in [1.165, 1.54) is 11.1 Å². The third kappa shape index (κ3) is 5.76. The summed E-state index contributed by atoms with van der Waals surface area (Å²) in [5.41, 5.74) is 9.80. The van der Waals surface area contributed by atoms with E-state index in [9.17, 15) is 4.79 Å². The van der Waals surface area contributed by atoms with Crippen molar-refractivity contribution >= 4 is 24.0 Å². The van der Waals surface area contributed by atoms with Gasteiger partial charge in [-0.1, -0.05) is 32.0 Å². The average molecular weight is 363 g/mol. The van der Waals surface area contributed by atoms with Crippen LogP contribution in [0.3, 0.4) is 0 Å². The van der Waals surface area contributed by atoms with Crippen LogP contribution in [-0.2, 0) is 11.3 Å². The fourth-order valence-corrected chi connectivity index (χ4v) is 2.59. The molecular formula is C20H27ClN2O2. The third-order valence-electron chi connectivity index (χ3n) is 4.00. The number of ether oxygens (including phenoxy) is 1. The molecule has 1 unspecified atom stereocenters. The maximum atomic E-state index is 12.3. The van der Waals surface area contributed by atoms with Crippen LogP contribution in [0.25, 0.3) is 0 Å². The van der Waals surface area contributed by atoms with Gasteiger partial charge in [0.1, 0.15) is 5.75 Å². The first kappa shape index (κ1) is 21.0. The summed E-state index contributed by atoms with van der Waals surface area (Å²) < 4.78 is 5.78. The van der Waals surface area contributed by atoms with Gasteiger partial charge in [-0.2, -0.15) is 0 Å². The molecule has 0 aliphatic rings. The molecule has 0 radical (unpaired) electrons. The molecule has 4 nitrogen and oxygen atoms in total. The van der Waals surface area contributed by atoms with E-state index in [4.69, 9.17) is 10.5 Å². The fraction of sp³-hybridized carbons (Fsp3) is 0.350. The number of carbonyl (C=O) groups is 1. The molecule has 0 fully saturated rings. The van der Waals surface area contributed by atoms with E-state index in [0.717, 1.165) is 11.3 Å². The maximum Gasteiger partial charge on any atom is 0.265 e. The zero-order chi connectivity index (χ0) is 17.7. The summed E-state index contributed by atoms with van der Waals surface area (Å²) in [7, 11) is 0. The summed E-state index contributed by atoms with van der Waals surface area (Å²) in [4.78, 5) is 12.3. The Labute approximate surface area is 156 Å². The molecule has 2 aromatic carbocycles. The van der Waals surface area contributed by atoms with E-state index >= 15 is 0 Å². The van der Waals surface area contributed by atoms with Crippen LogP contribution in [-0.4, -0.2) is 12.0 Å². The number of halogens is 1. The number of hydrogen-bond acceptors (Lipinski definition) is 3. The van der Waals surface area contributed by atoms with Gasteiger partial charge in [0.25, 0.3) is 5.91 Å². The number of nitrogens with two attached hydrogens (primary N) is 1. The van der Waals surface area contributed by atoms with E-state index in [1.807, 2.05) is 36.4 Å². The van der Waals surface area contributed by atoms with E-state index < -0.39 is 6.10 Å². The molecule has 0 spiro atoms. The van der Waals surface area contributed by atoms with Crippen LogP contribution in [0.4, 0.5) is 5.69 Å². The van der Waals surface area contributed by atoms with Crippen molar-refractivity contribution in [3.63, 3.8) is 0 Å². The fourth-order valence-electron chi connectivity index (χ4n) is 2.59. The molecule has 0 bridgehead atoms. The lowest BCUT2D eigenvalue weighted by Crippen LogP contribution is -2.30. The first-order valence-corrected chi connectivity index (χ1v) is 8.27.